The van der Waals surface area contributed by atoms with Crippen LogP contribution in [0, 0.1) is 24.0 Å². The maximum atomic E-state index is 13.3. The largest absolute Gasteiger partial charge is 0.340 e. The van der Waals surface area contributed by atoms with E-state index in [2.05, 4.69) is 28.1 Å². The van der Waals surface area contributed by atoms with Crippen LogP contribution in [-0.2, 0) is 0 Å². The summed E-state index contributed by atoms with van der Waals surface area (Å²) in [7, 11) is 0. The molecule has 39 heavy (non-hydrogen) atoms. The predicted octanol–water partition coefficient (Wildman–Crippen LogP) is 4.82. The molecule has 0 atom stereocenters. The summed E-state index contributed by atoms with van der Waals surface area (Å²) in [4.78, 5) is 33.3. The summed E-state index contributed by atoms with van der Waals surface area (Å²) in [5.74, 6) is 1.24. The normalized spacial score (nSPS) is 14.1. The summed E-state index contributed by atoms with van der Waals surface area (Å²) in [6.07, 6.45) is 0.720. The predicted molar refractivity (Wildman–Crippen MR) is 149 cm³/mol. The number of fused-ring (bicyclic) bond motifs is 3. The van der Waals surface area contributed by atoms with Crippen molar-refractivity contribution in [3.05, 3.63) is 93.5 Å². The van der Waals surface area contributed by atoms with E-state index in [1.54, 1.807) is 24.0 Å². The summed E-state index contributed by atoms with van der Waals surface area (Å²) >= 11 is 0. The average Bonchev–Trinajstić information content (AvgIpc) is 3.23. The Morgan fingerprint density at radius 3 is 2.51 bits per heavy atom. The number of para-hydroxylation sites is 1. The molecular formula is C29H27N7O3. The van der Waals surface area contributed by atoms with E-state index in [1.165, 1.54) is 6.07 Å². The Bertz CT molecular complexity index is 1750. The van der Waals surface area contributed by atoms with Gasteiger partial charge in [-0.15, -0.1) is 10.2 Å². The van der Waals surface area contributed by atoms with Crippen molar-refractivity contribution in [3.63, 3.8) is 0 Å². The van der Waals surface area contributed by atoms with Gasteiger partial charge in [0.05, 0.1) is 10.4 Å². The number of carbonyl (C=O) groups is 1. The highest BCUT2D eigenvalue weighted by Gasteiger charge is 2.26. The molecular weight excluding hydrogens is 494 g/mol. The van der Waals surface area contributed by atoms with Gasteiger partial charge in [-0.1, -0.05) is 42.5 Å². The molecule has 1 fully saturated rings. The fraction of sp³-hybridized carbons (Fsp3) is 0.241. The van der Waals surface area contributed by atoms with Crippen LogP contribution in [0.15, 0.2) is 66.7 Å². The van der Waals surface area contributed by atoms with Gasteiger partial charge in [0.1, 0.15) is 0 Å². The fourth-order valence-electron chi connectivity index (χ4n) is 5.22. The number of benzene rings is 3. The molecule has 1 saturated heterocycles. The molecule has 1 aliphatic heterocycles. The zero-order valence-corrected chi connectivity index (χ0v) is 21.7. The van der Waals surface area contributed by atoms with Crippen LogP contribution in [0.1, 0.15) is 27.9 Å². The average molecular weight is 522 g/mol. The minimum absolute atomic E-state index is 0.0450. The van der Waals surface area contributed by atoms with E-state index in [4.69, 9.17) is 4.98 Å². The zero-order valence-electron chi connectivity index (χ0n) is 21.7. The molecule has 10 nitrogen and oxygen atoms in total. The summed E-state index contributed by atoms with van der Waals surface area (Å²) in [5, 5.41) is 21.5. The third kappa shape index (κ3) is 4.33. The van der Waals surface area contributed by atoms with Gasteiger partial charge in [0.25, 0.3) is 11.6 Å². The molecule has 0 spiro atoms. The Morgan fingerprint density at radius 2 is 1.69 bits per heavy atom. The first-order valence-corrected chi connectivity index (χ1v) is 12.9. The number of nitrogens with zero attached hydrogens (tertiary/aromatic N) is 7. The number of hydrogen-bond donors (Lipinski definition) is 0. The van der Waals surface area contributed by atoms with E-state index in [-0.39, 0.29) is 11.6 Å². The van der Waals surface area contributed by atoms with Gasteiger partial charge in [0, 0.05) is 54.3 Å². The number of aryl methyl sites for hydroxylation is 2. The van der Waals surface area contributed by atoms with Gasteiger partial charge >= 0.3 is 0 Å². The maximum absolute atomic E-state index is 13.3. The van der Waals surface area contributed by atoms with Crippen LogP contribution in [-0.4, -0.2) is 61.5 Å². The second kappa shape index (κ2) is 9.79. The van der Waals surface area contributed by atoms with Crippen LogP contribution in [0.4, 0.5) is 11.6 Å². The number of rotatable bonds is 4. The van der Waals surface area contributed by atoms with Gasteiger partial charge in [0.15, 0.2) is 11.5 Å². The van der Waals surface area contributed by atoms with E-state index in [0.717, 1.165) is 45.9 Å². The Balaban J connectivity index is 1.38. The maximum Gasteiger partial charge on any atom is 0.273 e. The number of nitro groups is 1. The van der Waals surface area contributed by atoms with Crippen molar-refractivity contribution in [2.75, 3.05) is 31.1 Å². The quantitative estimate of drug-likeness (QED) is 0.246. The molecule has 3 heterocycles. The van der Waals surface area contributed by atoms with Crippen LogP contribution in [0.3, 0.4) is 0 Å². The molecule has 0 bridgehead atoms. The number of nitro benzene ring substituents is 1. The standard InChI is InChI=1S/C29H27N7O3/c1-19-8-3-4-9-22(19)26-31-32-27-23-10-5-6-11-24(23)30-29(35(26)27)34-15-7-14-33(16-17-34)28(37)21-13-12-20(2)25(18-21)36(38)39/h3-6,8-13,18H,7,14-17H2,1-2H3. The molecule has 1 amide bonds. The highest BCUT2D eigenvalue weighted by atomic mass is 16.6. The topological polar surface area (TPSA) is 110 Å². The summed E-state index contributed by atoms with van der Waals surface area (Å²) in [5.41, 5.74) is 4.44. The molecule has 2 aromatic heterocycles. The molecule has 10 heteroatoms. The molecule has 3 aromatic carbocycles. The minimum Gasteiger partial charge on any atom is -0.340 e. The molecule has 0 radical (unpaired) electrons. The highest BCUT2D eigenvalue weighted by molar-refractivity contribution is 5.95. The Labute approximate surface area is 224 Å². The van der Waals surface area contributed by atoms with E-state index in [9.17, 15) is 14.9 Å². The van der Waals surface area contributed by atoms with Crippen molar-refractivity contribution in [3.8, 4) is 11.4 Å². The molecule has 196 valence electrons. The Kier molecular flexibility index (Phi) is 6.14. The van der Waals surface area contributed by atoms with E-state index >= 15 is 0 Å². The van der Waals surface area contributed by atoms with E-state index in [0.29, 0.717) is 37.3 Å². The number of anilines is 1. The summed E-state index contributed by atoms with van der Waals surface area (Å²) < 4.78 is 2.02. The van der Waals surface area contributed by atoms with Crippen LogP contribution < -0.4 is 4.90 Å². The second-order valence-electron chi connectivity index (χ2n) is 9.82. The molecule has 1 aliphatic rings. The van der Waals surface area contributed by atoms with Gasteiger partial charge < -0.3 is 9.80 Å². The lowest BCUT2D eigenvalue weighted by Crippen LogP contribution is -2.36. The second-order valence-corrected chi connectivity index (χ2v) is 9.82. The van der Waals surface area contributed by atoms with Crippen molar-refractivity contribution in [1.82, 2.24) is 24.5 Å². The van der Waals surface area contributed by atoms with Crippen LogP contribution >= 0.6 is 0 Å². The van der Waals surface area contributed by atoms with Gasteiger partial charge in [-0.25, -0.2) is 9.38 Å². The highest BCUT2D eigenvalue weighted by Crippen LogP contribution is 2.30. The monoisotopic (exact) mass is 521 g/mol. The van der Waals surface area contributed by atoms with Crippen LogP contribution in [0.25, 0.3) is 27.9 Å². The SMILES string of the molecule is Cc1ccccc1-c1nnc2c3ccccc3nc(N3CCCN(C(=O)c4ccc(C)c([N+](=O)[O-])c4)CC3)n12. The Hall–Kier alpha value is -4.86. The third-order valence-corrected chi connectivity index (χ3v) is 7.33. The molecule has 0 aliphatic carbocycles. The van der Waals surface area contributed by atoms with Gasteiger partial charge in [-0.3, -0.25) is 14.9 Å². The third-order valence-electron chi connectivity index (χ3n) is 7.33. The minimum atomic E-state index is -0.446. The smallest absolute Gasteiger partial charge is 0.273 e. The molecule has 6 rings (SSSR count). The molecule has 0 unspecified atom stereocenters. The number of amides is 1. The number of carbonyl (C=O) groups excluding carboxylic acids is 1. The first-order chi connectivity index (χ1) is 18.9. The van der Waals surface area contributed by atoms with Crippen LogP contribution in [0.2, 0.25) is 0 Å². The van der Waals surface area contributed by atoms with Gasteiger partial charge in [0.2, 0.25) is 5.95 Å². The lowest BCUT2D eigenvalue weighted by molar-refractivity contribution is -0.385. The van der Waals surface area contributed by atoms with Crippen molar-refractivity contribution >= 4 is 34.1 Å². The van der Waals surface area contributed by atoms with Crippen LogP contribution in [0.5, 0.6) is 0 Å². The van der Waals surface area contributed by atoms with Crippen molar-refractivity contribution in [2.45, 2.75) is 20.3 Å². The Morgan fingerprint density at radius 1 is 0.897 bits per heavy atom. The van der Waals surface area contributed by atoms with E-state index < -0.39 is 4.92 Å². The first kappa shape index (κ1) is 24.5. The fourth-order valence-corrected chi connectivity index (χ4v) is 5.22. The lowest BCUT2D eigenvalue weighted by Gasteiger charge is -2.24. The first-order valence-electron chi connectivity index (χ1n) is 12.9. The lowest BCUT2D eigenvalue weighted by atomic mass is 10.1. The number of hydrogen-bond acceptors (Lipinski definition) is 7. The van der Waals surface area contributed by atoms with Gasteiger partial charge in [-0.2, -0.15) is 0 Å². The summed E-state index contributed by atoms with van der Waals surface area (Å²) in [6.45, 7) is 5.95. The van der Waals surface area contributed by atoms with E-state index in [1.807, 2.05) is 46.9 Å². The number of aromatic nitrogens is 4. The van der Waals surface area contributed by atoms with Crippen molar-refractivity contribution in [1.29, 1.82) is 0 Å². The van der Waals surface area contributed by atoms with Crippen molar-refractivity contribution in [2.24, 2.45) is 0 Å². The molecule has 0 N–H and O–H groups in total. The molecule has 0 saturated carbocycles. The van der Waals surface area contributed by atoms with Crippen molar-refractivity contribution < 1.29 is 9.72 Å². The zero-order chi connectivity index (χ0) is 27.1. The molecule has 5 aromatic rings. The summed E-state index contributed by atoms with van der Waals surface area (Å²) in [6, 6.07) is 20.6. The van der Waals surface area contributed by atoms with Gasteiger partial charge in [-0.05, 0) is 44.0 Å².